The fraction of sp³-hybridized carbons (Fsp3) is 0.344. The van der Waals surface area contributed by atoms with Crippen molar-refractivity contribution in [3.8, 4) is 17.8 Å². The van der Waals surface area contributed by atoms with Gasteiger partial charge in [-0.15, -0.1) is 5.10 Å². The van der Waals surface area contributed by atoms with E-state index >= 15 is 0 Å². The number of alkyl halides is 2. The van der Waals surface area contributed by atoms with Crippen LogP contribution in [0.2, 0.25) is 0 Å². The Morgan fingerprint density at radius 1 is 1.11 bits per heavy atom. The van der Waals surface area contributed by atoms with Crippen LogP contribution < -0.4 is 10.6 Å². The minimum atomic E-state index is -2.57. The first-order chi connectivity index (χ1) is 21.5. The number of aromatic nitrogens is 7. The molecular weight excluding hydrogens is 576 g/mol. The van der Waals surface area contributed by atoms with E-state index in [2.05, 4.69) is 68.9 Å². The van der Waals surface area contributed by atoms with Gasteiger partial charge in [0.2, 0.25) is 0 Å². The van der Waals surface area contributed by atoms with Crippen LogP contribution in [0, 0.1) is 35.0 Å². The lowest BCUT2D eigenvalue weighted by atomic mass is 9.95. The molecule has 1 unspecified atom stereocenters. The van der Waals surface area contributed by atoms with Gasteiger partial charge >= 0.3 is 0 Å². The molecule has 0 spiro atoms. The van der Waals surface area contributed by atoms with Gasteiger partial charge in [-0.1, -0.05) is 38.1 Å². The van der Waals surface area contributed by atoms with Gasteiger partial charge in [-0.05, 0) is 54.5 Å². The second kappa shape index (κ2) is 11.2. The maximum atomic E-state index is 14.0. The summed E-state index contributed by atoms with van der Waals surface area (Å²) in [5.74, 6) is 0. The fourth-order valence-electron chi connectivity index (χ4n) is 5.41. The van der Waals surface area contributed by atoms with Gasteiger partial charge in [-0.25, -0.2) is 23.1 Å². The number of nitriles is 2. The van der Waals surface area contributed by atoms with Crippen LogP contribution in [0.5, 0.6) is 0 Å². The quantitative estimate of drug-likeness (QED) is 0.210. The van der Waals surface area contributed by atoms with Crippen molar-refractivity contribution in [1.29, 1.82) is 10.5 Å². The third-order valence-electron chi connectivity index (χ3n) is 8.07. The fourth-order valence-corrected chi connectivity index (χ4v) is 5.41. The predicted molar refractivity (Wildman–Crippen MR) is 164 cm³/mol. The summed E-state index contributed by atoms with van der Waals surface area (Å²) in [6, 6.07) is 13.0. The molecule has 13 heteroatoms. The van der Waals surface area contributed by atoms with Crippen molar-refractivity contribution in [3.05, 3.63) is 83.3 Å². The van der Waals surface area contributed by atoms with Crippen LogP contribution in [0.15, 0.2) is 55.4 Å². The topological polar surface area (TPSA) is 146 Å². The highest BCUT2D eigenvalue weighted by Gasteiger charge is 2.54. The SMILES string of the molecule is Cc1c(C(Nc2cc(C#N)c3ncc(C#N)c(NCC(C)(C)C)c3c2)c2cn(C3(C(F)F)CC3)nn2)cccc1-n1cncn1. The zero-order chi connectivity index (χ0) is 31.9. The molecule has 2 N–H and O–H groups in total. The van der Waals surface area contributed by atoms with Crippen LogP contribution in [0.1, 0.15) is 67.6 Å². The second-order valence-electron chi connectivity index (χ2n) is 12.5. The highest BCUT2D eigenvalue weighted by molar-refractivity contribution is 5.99. The van der Waals surface area contributed by atoms with E-state index in [1.54, 1.807) is 23.3 Å². The monoisotopic (exact) mass is 607 g/mol. The minimum Gasteiger partial charge on any atom is -0.383 e. The molecule has 3 heterocycles. The first-order valence-electron chi connectivity index (χ1n) is 14.5. The van der Waals surface area contributed by atoms with E-state index < -0.39 is 18.0 Å². The highest BCUT2D eigenvalue weighted by atomic mass is 19.3. The third kappa shape index (κ3) is 5.53. The molecule has 1 aliphatic carbocycles. The number of hydrogen-bond donors (Lipinski definition) is 2. The maximum absolute atomic E-state index is 14.0. The van der Waals surface area contributed by atoms with Crippen LogP contribution in [0.25, 0.3) is 16.6 Å². The van der Waals surface area contributed by atoms with Crippen molar-refractivity contribution in [1.82, 2.24) is 34.7 Å². The Hall–Kier alpha value is -5.43. The Morgan fingerprint density at radius 3 is 2.53 bits per heavy atom. The number of pyridine rings is 1. The molecule has 11 nitrogen and oxygen atoms in total. The van der Waals surface area contributed by atoms with Gasteiger partial charge in [0.05, 0.1) is 40.3 Å². The maximum Gasteiger partial charge on any atom is 0.263 e. The molecule has 5 aromatic rings. The number of rotatable bonds is 9. The summed E-state index contributed by atoms with van der Waals surface area (Å²) in [6.45, 7) is 8.75. The smallest absolute Gasteiger partial charge is 0.263 e. The number of fused-ring (bicyclic) bond motifs is 1. The lowest BCUT2D eigenvalue weighted by Crippen LogP contribution is -2.26. The Bertz CT molecular complexity index is 1960. The van der Waals surface area contributed by atoms with Crippen molar-refractivity contribution in [2.24, 2.45) is 5.41 Å². The summed E-state index contributed by atoms with van der Waals surface area (Å²) in [5.41, 5.74) is 3.67. The minimum absolute atomic E-state index is 0.0864. The van der Waals surface area contributed by atoms with Crippen LogP contribution in [-0.2, 0) is 5.54 Å². The molecule has 0 amide bonds. The summed E-state index contributed by atoms with van der Waals surface area (Å²) in [4.78, 5) is 8.52. The molecule has 3 aromatic heterocycles. The van der Waals surface area contributed by atoms with Crippen molar-refractivity contribution in [2.75, 3.05) is 17.2 Å². The van der Waals surface area contributed by atoms with E-state index in [0.717, 1.165) is 16.8 Å². The molecule has 0 bridgehead atoms. The zero-order valence-electron chi connectivity index (χ0n) is 25.3. The number of hydrogen-bond acceptors (Lipinski definition) is 9. The lowest BCUT2D eigenvalue weighted by Gasteiger charge is -2.23. The van der Waals surface area contributed by atoms with E-state index in [1.165, 1.54) is 17.2 Å². The number of benzene rings is 2. The van der Waals surface area contributed by atoms with Crippen molar-refractivity contribution < 1.29 is 8.78 Å². The molecule has 0 radical (unpaired) electrons. The number of anilines is 2. The van der Waals surface area contributed by atoms with Crippen LogP contribution >= 0.6 is 0 Å². The third-order valence-corrected chi connectivity index (χ3v) is 8.07. The molecule has 0 aliphatic heterocycles. The second-order valence-corrected chi connectivity index (χ2v) is 12.5. The van der Waals surface area contributed by atoms with E-state index in [-0.39, 0.29) is 5.41 Å². The van der Waals surface area contributed by atoms with E-state index in [9.17, 15) is 19.3 Å². The molecule has 6 rings (SSSR count). The highest BCUT2D eigenvalue weighted by Crippen LogP contribution is 2.48. The van der Waals surface area contributed by atoms with Gasteiger partial charge in [0.25, 0.3) is 6.43 Å². The summed E-state index contributed by atoms with van der Waals surface area (Å²) < 4.78 is 30.9. The van der Waals surface area contributed by atoms with Gasteiger partial charge in [-0.2, -0.15) is 15.6 Å². The Kier molecular flexibility index (Phi) is 7.41. The van der Waals surface area contributed by atoms with Crippen LogP contribution in [0.4, 0.5) is 20.2 Å². The summed E-state index contributed by atoms with van der Waals surface area (Å²) in [6.07, 6.45) is 4.14. The van der Waals surface area contributed by atoms with Crippen molar-refractivity contribution in [3.63, 3.8) is 0 Å². The molecule has 1 aliphatic rings. The van der Waals surface area contributed by atoms with Crippen LogP contribution in [-0.4, -0.2) is 47.7 Å². The Balaban J connectivity index is 1.50. The van der Waals surface area contributed by atoms with Crippen molar-refractivity contribution in [2.45, 2.75) is 58.5 Å². The molecule has 1 atom stereocenters. The van der Waals surface area contributed by atoms with Gasteiger partial charge in [-0.3, -0.25) is 4.98 Å². The van der Waals surface area contributed by atoms with E-state index in [1.807, 2.05) is 31.2 Å². The van der Waals surface area contributed by atoms with Gasteiger partial charge < -0.3 is 10.6 Å². The normalized spacial score (nSPS) is 14.6. The van der Waals surface area contributed by atoms with E-state index in [4.69, 9.17) is 0 Å². The van der Waals surface area contributed by atoms with Crippen LogP contribution in [0.3, 0.4) is 0 Å². The van der Waals surface area contributed by atoms with E-state index in [0.29, 0.717) is 58.5 Å². The summed E-state index contributed by atoms with van der Waals surface area (Å²) >= 11 is 0. The predicted octanol–water partition coefficient (Wildman–Crippen LogP) is 5.87. The molecular formula is C32H31F2N11. The first kappa shape index (κ1) is 29.6. The molecule has 1 saturated carbocycles. The van der Waals surface area contributed by atoms with Gasteiger partial charge in [0.1, 0.15) is 36.0 Å². The Morgan fingerprint density at radius 2 is 1.89 bits per heavy atom. The molecule has 228 valence electrons. The zero-order valence-corrected chi connectivity index (χ0v) is 25.3. The van der Waals surface area contributed by atoms with Crippen molar-refractivity contribution >= 4 is 22.3 Å². The largest absolute Gasteiger partial charge is 0.383 e. The Labute approximate surface area is 258 Å². The molecule has 45 heavy (non-hydrogen) atoms. The summed E-state index contributed by atoms with van der Waals surface area (Å²) in [7, 11) is 0. The number of nitrogens with one attached hydrogen (secondary N) is 2. The lowest BCUT2D eigenvalue weighted by molar-refractivity contribution is 0.0593. The average Bonchev–Trinajstić information content (AvgIpc) is 3.39. The number of halogens is 2. The number of nitrogens with zero attached hydrogens (tertiary/aromatic N) is 9. The summed E-state index contributed by atoms with van der Waals surface area (Å²) in [5, 5.41) is 40.3. The standard InChI is InChI=1S/C32H31F2N11/c1-19-23(6-5-7-26(19)44-18-37-17-40-44)29(25-15-45(43-42-25)32(8-9-32)30(33)34)41-22-10-20(12-35)27-24(11-22)28(21(13-36)14-38-27)39-16-31(2,3)4/h5-7,10-11,14-15,17-18,29-30,41H,8-9,16H2,1-4H3,(H,38,39). The van der Waals surface area contributed by atoms with Gasteiger partial charge in [0.15, 0.2) is 0 Å². The average molecular weight is 608 g/mol. The molecule has 0 saturated heterocycles. The first-order valence-corrected chi connectivity index (χ1v) is 14.5. The van der Waals surface area contributed by atoms with Gasteiger partial charge in [0, 0.05) is 23.8 Å². The molecule has 1 fully saturated rings. The molecule has 2 aromatic carbocycles.